The largest absolute Gasteiger partial charge is 0.394 e. The molecule has 0 saturated heterocycles. The summed E-state index contributed by atoms with van der Waals surface area (Å²) in [5.41, 5.74) is 0. The average Bonchev–Trinajstić information content (AvgIpc) is 1.65. The predicted octanol–water partition coefficient (Wildman–Crippen LogP) is -0.637. The van der Waals surface area contributed by atoms with Gasteiger partial charge in [0.2, 0.25) is 0 Å². The topological polar surface area (TPSA) is 29.5 Å². The molecule has 0 heterocycles. The van der Waals surface area contributed by atoms with Crippen LogP contribution in [-0.4, -0.2) is 31.7 Å². The van der Waals surface area contributed by atoms with Gasteiger partial charge in [0.1, 0.15) is 7.85 Å². The maximum atomic E-state index is 8.46. The Labute approximate surface area is 51.3 Å². The van der Waals surface area contributed by atoms with Gasteiger partial charge in [0.05, 0.1) is 12.7 Å². The molecule has 1 unspecified atom stereocenters. The van der Waals surface area contributed by atoms with Crippen molar-refractivity contribution in [1.82, 2.24) is 0 Å². The molecule has 0 aromatic heterocycles. The molecule has 3 heteroatoms. The fraction of sp³-hybridized carbons (Fsp3) is 1.00. The number of hydrogen-bond donors (Lipinski definition) is 1. The van der Waals surface area contributed by atoms with E-state index < -0.39 is 0 Å². The van der Waals surface area contributed by atoms with E-state index in [4.69, 9.17) is 9.84 Å². The minimum Gasteiger partial charge on any atom is -0.394 e. The van der Waals surface area contributed by atoms with Gasteiger partial charge in [0.15, 0.2) is 0 Å². The first-order valence-electron chi connectivity index (χ1n) is 2.93. The first kappa shape index (κ1) is 7.98. The Morgan fingerprint density at radius 1 is 1.62 bits per heavy atom. The second-order valence-corrected chi connectivity index (χ2v) is 2.18. The van der Waals surface area contributed by atoms with Crippen molar-refractivity contribution in [2.45, 2.75) is 26.0 Å². The normalized spacial score (nSPS) is 17.9. The lowest BCUT2D eigenvalue weighted by Crippen LogP contribution is -2.19. The zero-order valence-electron chi connectivity index (χ0n) is 5.72. The predicted molar refractivity (Wildman–Crippen MR) is 35.6 cm³/mol. The zero-order valence-corrected chi connectivity index (χ0v) is 5.72. The lowest BCUT2D eigenvalue weighted by Gasteiger charge is -2.12. The van der Waals surface area contributed by atoms with Crippen molar-refractivity contribution in [3.8, 4) is 0 Å². The van der Waals surface area contributed by atoms with Crippen LogP contribution < -0.4 is 0 Å². The van der Waals surface area contributed by atoms with Crippen molar-refractivity contribution in [3.05, 3.63) is 0 Å². The molecule has 0 aliphatic rings. The molecule has 48 valence electrons. The van der Waals surface area contributed by atoms with Gasteiger partial charge < -0.3 is 9.84 Å². The summed E-state index contributed by atoms with van der Waals surface area (Å²) < 4.78 is 5.15. The second-order valence-electron chi connectivity index (χ2n) is 2.18. The highest BCUT2D eigenvalue weighted by molar-refractivity contribution is 6.10. The van der Waals surface area contributed by atoms with Gasteiger partial charge in [0, 0.05) is 6.00 Å². The summed E-state index contributed by atoms with van der Waals surface area (Å²) in [4.78, 5) is 0. The maximum absolute atomic E-state index is 8.46. The number of ether oxygens (including phenoxy) is 1. The summed E-state index contributed by atoms with van der Waals surface area (Å²) in [6.07, 6.45) is -0.0185. The summed E-state index contributed by atoms with van der Waals surface area (Å²) in [6, 6.07) is 0.220. The van der Waals surface area contributed by atoms with Crippen LogP contribution in [0.3, 0.4) is 0 Å². The summed E-state index contributed by atoms with van der Waals surface area (Å²) >= 11 is 0. The van der Waals surface area contributed by atoms with Gasteiger partial charge in [-0.1, -0.05) is 0 Å². The molecule has 0 aliphatic heterocycles. The van der Waals surface area contributed by atoms with Crippen LogP contribution in [0.15, 0.2) is 0 Å². The summed E-state index contributed by atoms with van der Waals surface area (Å²) in [7, 11) is 1.95. The molecular formula is C5H13BO2. The lowest BCUT2D eigenvalue weighted by atomic mass is 10.0. The van der Waals surface area contributed by atoms with Gasteiger partial charge in [-0.2, -0.15) is 0 Å². The third-order valence-corrected chi connectivity index (χ3v) is 0.762. The van der Waals surface area contributed by atoms with E-state index in [-0.39, 0.29) is 18.7 Å². The van der Waals surface area contributed by atoms with Crippen LogP contribution in [0, 0.1) is 0 Å². The third kappa shape index (κ3) is 4.15. The molecule has 0 saturated carbocycles. The van der Waals surface area contributed by atoms with E-state index in [1.54, 1.807) is 0 Å². The van der Waals surface area contributed by atoms with Crippen LogP contribution in [0.5, 0.6) is 0 Å². The molecule has 8 heavy (non-hydrogen) atoms. The van der Waals surface area contributed by atoms with Crippen molar-refractivity contribution in [2.75, 3.05) is 6.61 Å². The molecule has 0 fully saturated rings. The molecule has 1 N–H and O–H groups in total. The Kier molecular flexibility index (Phi) is 3.92. The molecule has 0 aromatic rings. The molecule has 0 aromatic carbocycles. The molecular weight excluding hydrogens is 103 g/mol. The molecule has 0 rings (SSSR count). The van der Waals surface area contributed by atoms with E-state index in [1.807, 2.05) is 21.7 Å². The summed E-state index contributed by atoms with van der Waals surface area (Å²) in [5.74, 6) is 0. The van der Waals surface area contributed by atoms with E-state index in [2.05, 4.69) is 0 Å². The van der Waals surface area contributed by atoms with Crippen molar-refractivity contribution >= 4 is 7.85 Å². The van der Waals surface area contributed by atoms with Crippen molar-refractivity contribution in [3.63, 3.8) is 0 Å². The number of aliphatic hydroxyl groups is 1. The Morgan fingerprint density at radius 2 is 2.12 bits per heavy atom. The quantitative estimate of drug-likeness (QED) is 0.497. The van der Waals surface area contributed by atoms with Crippen LogP contribution in [0.2, 0.25) is 0 Å². The number of rotatable bonds is 3. The van der Waals surface area contributed by atoms with Crippen LogP contribution in [-0.2, 0) is 4.74 Å². The molecule has 0 bridgehead atoms. The zero-order chi connectivity index (χ0) is 6.57. The van der Waals surface area contributed by atoms with E-state index in [1.165, 1.54) is 0 Å². The second kappa shape index (κ2) is 3.92. The van der Waals surface area contributed by atoms with Crippen LogP contribution in [0.4, 0.5) is 0 Å². The van der Waals surface area contributed by atoms with E-state index in [9.17, 15) is 0 Å². The van der Waals surface area contributed by atoms with Gasteiger partial charge >= 0.3 is 0 Å². The van der Waals surface area contributed by atoms with Crippen molar-refractivity contribution in [2.24, 2.45) is 0 Å². The first-order valence-corrected chi connectivity index (χ1v) is 2.93. The Balaban J connectivity index is 3.10. The van der Waals surface area contributed by atoms with Crippen LogP contribution >= 0.6 is 0 Å². The molecule has 0 spiro atoms. The number of hydrogen-bond acceptors (Lipinski definition) is 2. The smallest absolute Gasteiger partial charge is 0.138 e. The minimum absolute atomic E-state index is 0.0185. The minimum atomic E-state index is -0.0185. The fourth-order valence-electron chi connectivity index (χ4n) is 0.508. The first-order chi connectivity index (χ1) is 3.66. The van der Waals surface area contributed by atoms with Crippen LogP contribution in [0.25, 0.3) is 0 Å². The van der Waals surface area contributed by atoms with E-state index >= 15 is 0 Å². The Bertz CT molecular complexity index is 56.4. The summed E-state index contributed by atoms with van der Waals surface area (Å²) in [5, 5.41) is 8.46. The van der Waals surface area contributed by atoms with Gasteiger partial charge in [0.25, 0.3) is 0 Å². The van der Waals surface area contributed by atoms with E-state index in [0.717, 1.165) is 0 Å². The third-order valence-electron chi connectivity index (χ3n) is 0.762. The van der Waals surface area contributed by atoms with Crippen molar-refractivity contribution < 1.29 is 9.84 Å². The average molecular weight is 116 g/mol. The van der Waals surface area contributed by atoms with Gasteiger partial charge in [-0.05, 0) is 13.8 Å². The fourth-order valence-corrected chi connectivity index (χ4v) is 0.508. The lowest BCUT2D eigenvalue weighted by molar-refractivity contribution is 0.0138. The maximum Gasteiger partial charge on any atom is 0.138 e. The molecule has 0 aliphatic carbocycles. The molecule has 2 nitrogen and oxygen atoms in total. The SMILES string of the molecule is B[C@@H](C)OC(C)CO. The van der Waals surface area contributed by atoms with Gasteiger partial charge in [-0.3, -0.25) is 0 Å². The Hall–Kier alpha value is -0.0151. The summed E-state index contributed by atoms with van der Waals surface area (Å²) in [6.45, 7) is 3.91. The standard InChI is InChI=1S/C5H13BO2/c1-4(3-7)8-5(2)6/h4-5,7H,3,6H2,1-2H3/t4?,5-/m1/s1. The number of aliphatic hydroxyl groups excluding tert-OH is 1. The van der Waals surface area contributed by atoms with Gasteiger partial charge in [-0.15, -0.1) is 0 Å². The van der Waals surface area contributed by atoms with Crippen molar-refractivity contribution in [1.29, 1.82) is 0 Å². The van der Waals surface area contributed by atoms with Crippen LogP contribution in [0.1, 0.15) is 13.8 Å². The van der Waals surface area contributed by atoms with Gasteiger partial charge in [-0.25, -0.2) is 0 Å². The highest BCUT2D eigenvalue weighted by atomic mass is 16.5. The van der Waals surface area contributed by atoms with E-state index in [0.29, 0.717) is 0 Å². The molecule has 2 atom stereocenters. The molecule has 0 amide bonds. The molecule has 0 radical (unpaired) electrons. The monoisotopic (exact) mass is 116 g/mol. The Morgan fingerprint density at radius 3 is 2.25 bits per heavy atom. The highest BCUT2D eigenvalue weighted by Gasteiger charge is 2.00. The highest BCUT2D eigenvalue weighted by Crippen LogP contribution is 1.91.